The van der Waals surface area contributed by atoms with Crippen molar-refractivity contribution in [2.75, 3.05) is 18.0 Å². The molecule has 0 saturated carbocycles. The molecule has 1 aromatic carbocycles. The summed E-state index contributed by atoms with van der Waals surface area (Å²) < 4.78 is 0. The van der Waals surface area contributed by atoms with Crippen LogP contribution in [0.15, 0.2) is 18.2 Å². The number of carboxylic acid groups (broad SMARTS) is 1. The number of carbonyl (C=O) groups excluding carboxylic acids is 1. The van der Waals surface area contributed by atoms with Crippen LogP contribution in [0.2, 0.25) is 0 Å². The number of carboxylic acids is 1. The quantitative estimate of drug-likeness (QED) is 0.881. The summed E-state index contributed by atoms with van der Waals surface area (Å²) in [6.45, 7) is 4.83. The van der Waals surface area contributed by atoms with Crippen molar-refractivity contribution < 1.29 is 14.7 Å². The molecule has 5 heteroatoms. The van der Waals surface area contributed by atoms with E-state index in [2.05, 4.69) is 0 Å². The lowest BCUT2D eigenvalue weighted by Gasteiger charge is -2.39. The van der Waals surface area contributed by atoms with Gasteiger partial charge in [-0.2, -0.15) is 0 Å². The molecule has 0 aliphatic carbocycles. The van der Waals surface area contributed by atoms with Gasteiger partial charge in [0.05, 0.1) is 11.0 Å². The van der Waals surface area contributed by atoms with E-state index in [1.54, 1.807) is 13.0 Å². The summed E-state index contributed by atoms with van der Waals surface area (Å²) in [7, 11) is 0. The van der Waals surface area contributed by atoms with Crippen LogP contribution < -0.4 is 10.6 Å². The maximum Gasteiger partial charge on any atom is 0.311 e. The summed E-state index contributed by atoms with van der Waals surface area (Å²) in [5.41, 5.74) is 6.85. The van der Waals surface area contributed by atoms with E-state index in [0.717, 1.165) is 24.2 Å². The number of aliphatic carboxylic acids is 1. The van der Waals surface area contributed by atoms with Crippen LogP contribution in [-0.4, -0.2) is 30.1 Å². The summed E-state index contributed by atoms with van der Waals surface area (Å²) in [4.78, 5) is 24.9. The normalized spacial score (nSPS) is 22.6. The number of aryl methyl sites for hydroxylation is 1. The third kappa shape index (κ3) is 2.61. The number of nitrogens with zero attached hydrogens (tertiary/aromatic N) is 1. The maximum absolute atomic E-state index is 11.6. The van der Waals surface area contributed by atoms with Crippen molar-refractivity contribution in [3.8, 4) is 0 Å². The van der Waals surface area contributed by atoms with Gasteiger partial charge in [0.15, 0.2) is 0 Å². The zero-order valence-corrected chi connectivity index (χ0v) is 11.8. The van der Waals surface area contributed by atoms with Crippen LogP contribution in [0.1, 0.15) is 35.7 Å². The maximum atomic E-state index is 11.6. The minimum absolute atomic E-state index is 0.395. The van der Waals surface area contributed by atoms with Crippen LogP contribution in [0.5, 0.6) is 0 Å². The molecule has 1 atom stereocenters. The lowest BCUT2D eigenvalue weighted by atomic mass is 9.81. The molecule has 0 aromatic heterocycles. The van der Waals surface area contributed by atoms with Crippen molar-refractivity contribution in [3.63, 3.8) is 0 Å². The van der Waals surface area contributed by atoms with Crippen molar-refractivity contribution in [1.29, 1.82) is 0 Å². The Morgan fingerprint density at radius 2 is 2.10 bits per heavy atom. The number of hydrogen-bond acceptors (Lipinski definition) is 3. The fourth-order valence-electron chi connectivity index (χ4n) is 2.73. The molecule has 0 spiro atoms. The Hall–Kier alpha value is -2.04. The van der Waals surface area contributed by atoms with Gasteiger partial charge in [0.1, 0.15) is 0 Å². The third-order valence-corrected chi connectivity index (χ3v) is 3.97. The van der Waals surface area contributed by atoms with E-state index in [0.29, 0.717) is 18.5 Å². The first-order chi connectivity index (χ1) is 9.33. The van der Waals surface area contributed by atoms with Crippen LogP contribution in [0.4, 0.5) is 5.69 Å². The molecule has 1 heterocycles. The number of hydrogen-bond donors (Lipinski definition) is 2. The van der Waals surface area contributed by atoms with Crippen LogP contribution >= 0.6 is 0 Å². The van der Waals surface area contributed by atoms with Gasteiger partial charge in [0.25, 0.3) is 5.91 Å². The lowest BCUT2D eigenvalue weighted by Crippen LogP contribution is -2.46. The number of piperidine rings is 1. The lowest BCUT2D eigenvalue weighted by molar-refractivity contribution is -0.148. The minimum atomic E-state index is -0.796. The van der Waals surface area contributed by atoms with E-state index in [9.17, 15) is 14.7 Å². The molecule has 1 amide bonds. The smallest absolute Gasteiger partial charge is 0.311 e. The molecule has 1 saturated heterocycles. The molecule has 108 valence electrons. The molecule has 3 N–H and O–H groups in total. The monoisotopic (exact) mass is 276 g/mol. The molecule has 1 aliphatic rings. The predicted molar refractivity (Wildman–Crippen MR) is 76.9 cm³/mol. The summed E-state index contributed by atoms with van der Waals surface area (Å²) in [5.74, 6) is -1.28. The van der Waals surface area contributed by atoms with Gasteiger partial charge in [-0.25, -0.2) is 0 Å². The number of primary amides is 1. The van der Waals surface area contributed by atoms with Crippen molar-refractivity contribution >= 4 is 17.6 Å². The van der Waals surface area contributed by atoms with Crippen molar-refractivity contribution in [2.24, 2.45) is 11.1 Å². The highest BCUT2D eigenvalue weighted by atomic mass is 16.4. The van der Waals surface area contributed by atoms with Crippen LogP contribution in [0.3, 0.4) is 0 Å². The zero-order valence-electron chi connectivity index (χ0n) is 11.8. The van der Waals surface area contributed by atoms with E-state index in [1.807, 2.05) is 24.0 Å². The highest BCUT2D eigenvalue weighted by Crippen LogP contribution is 2.34. The van der Waals surface area contributed by atoms with Gasteiger partial charge >= 0.3 is 5.97 Å². The molecule has 0 radical (unpaired) electrons. The van der Waals surface area contributed by atoms with E-state index in [1.165, 1.54) is 0 Å². The van der Waals surface area contributed by atoms with Gasteiger partial charge in [-0.1, -0.05) is 6.07 Å². The summed E-state index contributed by atoms with van der Waals surface area (Å²) in [6, 6.07) is 5.44. The highest BCUT2D eigenvalue weighted by molar-refractivity contribution is 5.99. The second-order valence-corrected chi connectivity index (χ2v) is 5.78. The number of rotatable bonds is 3. The molecule has 1 aliphatic heterocycles. The molecule has 0 bridgehead atoms. The topological polar surface area (TPSA) is 83.6 Å². The van der Waals surface area contributed by atoms with Gasteiger partial charge in [-0.3, -0.25) is 9.59 Å². The Balaban J connectivity index is 2.38. The molecule has 1 fully saturated rings. The summed E-state index contributed by atoms with van der Waals surface area (Å²) in [5, 5.41) is 9.38. The van der Waals surface area contributed by atoms with Crippen molar-refractivity contribution in [1.82, 2.24) is 0 Å². The van der Waals surface area contributed by atoms with Gasteiger partial charge in [-0.15, -0.1) is 0 Å². The van der Waals surface area contributed by atoms with Gasteiger partial charge in [0, 0.05) is 18.8 Å². The van der Waals surface area contributed by atoms with Crippen molar-refractivity contribution in [2.45, 2.75) is 26.7 Å². The van der Waals surface area contributed by atoms with Crippen molar-refractivity contribution in [3.05, 3.63) is 29.3 Å². The minimum Gasteiger partial charge on any atom is -0.481 e. The van der Waals surface area contributed by atoms with E-state index in [-0.39, 0.29) is 0 Å². The number of benzene rings is 1. The SMILES string of the molecule is Cc1ccc(C(N)=O)c(N2CCCC(C)(C(=O)O)C2)c1. The molecular weight excluding hydrogens is 256 g/mol. The third-order valence-electron chi connectivity index (χ3n) is 3.97. The largest absolute Gasteiger partial charge is 0.481 e. The molecule has 20 heavy (non-hydrogen) atoms. The van der Waals surface area contributed by atoms with Gasteiger partial charge < -0.3 is 15.7 Å². The molecule has 1 aromatic rings. The van der Waals surface area contributed by atoms with Crippen LogP contribution in [0, 0.1) is 12.3 Å². The predicted octanol–water partition coefficient (Wildman–Crippen LogP) is 1.79. The van der Waals surface area contributed by atoms with E-state index < -0.39 is 17.3 Å². The van der Waals surface area contributed by atoms with Gasteiger partial charge in [0.2, 0.25) is 0 Å². The Bertz CT molecular complexity index is 556. The molecule has 1 unspecified atom stereocenters. The molecule has 5 nitrogen and oxygen atoms in total. The fraction of sp³-hybridized carbons (Fsp3) is 0.467. The van der Waals surface area contributed by atoms with Crippen LogP contribution in [0.25, 0.3) is 0 Å². The average molecular weight is 276 g/mol. The Morgan fingerprint density at radius 3 is 2.70 bits per heavy atom. The number of nitrogens with two attached hydrogens (primary N) is 1. The Labute approximate surface area is 118 Å². The first kappa shape index (κ1) is 14.4. The summed E-state index contributed by atoms with van der Waals surface area (Å²) in [6.07, 6.45) is 1.44. The van der Waals surface area contributed by atoms with E-state index in [4.69, 9.17) is 5.73 Å². The Kier molecular flexibility index (Phi) is 3.70. The molecular formula is C15H20N2O3. The summed E-state index contributed by atoms with van der Waals surface area (Å²) >= 11 is 0. The first-order valence-corrected chi connectivity index (χ1v) is 6.72. The highest BCUT2D eigenvalue weighted by Gasteiger charge is 2.38. The second-order valence-electron chi connectivity index (χ2n) is 5.78. The first-order valence-electron chi connectivity index (χ1n) is 6.72. The standard InChI is InChI=1S/C15H20N2O3/c1-10-4-5-11(13(16)18)12(8-10)17-7-3-6-15(2,9-17)14(19)20/h4-5,8H,3,6-7,9H2,1-2H3,(H2,16,18)(H,19,20). The number of anilines is 1. The van der Waals surface area contributed by atoms with E-state index >= 15 is 0 Å². The molecule has 2 rings (SSSR count). The number of carbonyl (C=O) groups is 2. The average Bonchev–Trinajstić information content (AvgIpc) is 2.38. The van der Waals surface area contributed by atoms with Gasteiger partial charge in [-0.05, 0) is 44.4 Å². The number of amides is 1. The second kappa shape index (κ2) is 5.15. The Morgan fingerprint density at radius 1 is 1.40 bits per heavy atom. The zero-order chi connectivity index (χ0) is 14.9. The van der Waals surface area contributed by atoms with Crippen LogP contribution in [-0.2, 0) is 4.79 Å². The fourth-order valence-corrected chi connectivity index (χ4v) is 2.73.